The highest BCUT2D eigenvalue weighted by molar-refractivity contribution is 7.89. The Morgan fingerprint density at radius 1 is 0.951 bits per heavy atom. The number of benzene rings is 2. The largest absolute Gasteiger partial charge is 0.507 e. The van der Waals surface area contributed by atoms with Crippen molar-refractivity contribution in [3.63, 3.8) is 0 Å². The van der Waals surface area contributed by atoms with Crippen molar-refractivity contribution in [3.8, 4) is 0 Å². The van der Waals surface area contributed by atoms with Crippen LogP contribution in [0, 0.1) is 0 Å². The summed E-state index contributed by atoms with van der Waals surface area (Å²) in [6.45, 7) is 3.69. The van der Waals surface area contributed by atoms with Crippen molar-refractivity contribution >= 4 is 39.1 Å². The summed E-state index contributed by atoms with van der Waals surface area (Å²) in [5.74, 6) is -2.80. The molecule has 5 rings (SSSR count). The van der Waals surface area contributed by atoms with Crippen molar-refractivity contribution in [3.05, 3.63) is 65.2 Å². The first kappa shape index (κ1) is 29.0. The highest BCUT2D eigenvalue weighted by Crippen LogP contribution is 2.53. The zero-order valence-electron chi connectivity index (χ0n) is 23.7. The van der Waals surface area contributed by atoms with Crippen molar-refractivity contribution < 1.29 is 27.9 Å². The van der Waals surface area contributed by atoms with Crippen molar-refractivity contribution in [1.82, 2.24) is 14.1 Å². The molecule has 1 unspecified atom stereocenters. The maximum Gasteiger partial charge on any atom is 0.296 e. The number of carbonyl (C=O) groups is 3. The molecular weight excluding hydrogens is 544 g/mol. The van der Waals surface area contributed by atoms with Gasteiger partial charge in [-0.3, -0.25) is 14.4 Å². The number of nitrogens with zero attached hydrogens (tertiary/aromatic N) is 4. The number of ketones is 1. The standard InChI is InChI=1S/C30H36N4O6S/c1-4-16-33-24-11-7-6-10-23(24)30(29(33)38)25(27(36)28(37)34(30)20-19-31(2)3)26(35)21-12-14-22(15-13-21)41(39,40)32-17-8-5-9-18-32/h6-7,10-15,35H,4-5,8-9,16-20H2,1-3H3/b26-25-. The van der Waals surface area contributed by atoms with Crippen molar-refractivity contribution in [1.29, 1.82) is 0 Å². The van der Waals surface area contributed by atoms with E-state index in [2.05, 4.69) is 0 Å². The second-order valence-electron chi connectivity index (χ2n) is 11.0. The molecule has 11 heteroatoms. The molecule has 3 aliphatic rings. The van der Waals surface area contributed by atoms with Gasteiger partial charge in [-0.15, -0.1) is 0 Å². The minimum absolute atomic E-state index is 0.0773. The van der Waals surface area contributed by atoms with Gasteiger partial charge in [-0.25, -0.2) is 8.42 Å². The van der Waals surface area contributed by atoms with Crippen LogP contribution in [0.1, 0.15) is 43.7 Å². The number of likely N-dealkylation sites (N-methyl/N-ethyl adjacent to an activating group) is 1. The number of sulfonamides is 1. The number of anilines is 1. The van der Waals surface area contributed by atoms with Gasteiger partial charge in [0.2, 0.25) is 10.0 Å². The smallest absolute Gasteiger partial charge is 0.296 e. The number of fused-ring (bicyclic) bond motifs is 2. The molecule has 2 aromatic carbocycles. The third-order valence-electron chi connectivity index (χ3n) is 8.11. The first-order valence-electron chi connectivity index (χ1n) is 14.0. The first-order chi connectivity index (χ1) is 19.6. The molecule has 2 saturated heterocycles. The lowest BCUT2D eigenvalue weighted by Gasteiger charge is -2.35. The maximum atomic E-state index is 14.4. The fourth-order valence-corrected chi connectivity index (χ4v) is 7.61. The Morgan fingerprint density at radius 2 is 1.61 bits per heavy atom. The molecule has 2 amide bonds. The van der Waals surface area contributed by atoms with Crippen LogP contribution in [0.3, 0.4) is 0 Å². The highest BCUT2D eigenvalue weighted by atomic mass is 32.2. The molecule has 1 N–H and O–H groups in total. The molecule has 3 aliphatic heterocycles. The van der Waals surface area contributed by atoms with Crippen LogP contribution in [-0.4, -0.2) is 92.0 Å². The number of hydrogen-bond donors (Lipinski definition) is 1. The molecule has 3 heterocycles. The predicted octanol–water partition coefficient (Wildman–Crippen LogP) is 2.76. The van der Waals surface area contributed by atoms with E-state index in [1.165, 1.54) is 33.5 Å². The van der Waals surface area contributed by atoms with E-state index in [0.717, 1.165) is 19.3 Å². The molecule has 1 spiro atoms. The van der Waals surface area contributed by atoms with Crippen LogP contribution >= 0.6 is 0 Å². The minimum atomic E-state index is -3.71. The predicted molar refractivity (Wildman–Crippen MR) is 155 cm³/mol. The molecule has 41 heavy (non-hydrogen) atoms. The topological polar surface area (TPSA) is 119 Å². The summed E-state index contributed by atoms with van der Waals surface area (Å²) in [5.41, 5.74) is -0.943. The van der Waals surface area contributed by atoms with E-state index in [4.69, 9.17) is 0 Å². The third-order valence-corrected chi connectivity index (χ3v) is 10.0. The summed E-state index contributed by atoms with van der Waals surface area (Å²) in [7, 11) is -0.0511. The lowest BCUT2D eigenvalue weighted by Crippen LogP contribution is -2.53. The molecule has 1 atom stereocenters. The third kappa shape index (κ3) is 4.56. The van der Waals surface area contributed by atoms with Crippen LogP contribution in [-0.2, 0) is 29.9 Å². The Hall–Kier alpha value is -3.54. The number of carbonyl (C=O) groups excluding carboxylic acids is 3. The second kappa shape index (κ2) is 11.0. The Bertz CT molecular complexity index is 1510. The molecule has 2 aromatic rings. The normalized spacial score (nSPS) is 22.8. The fourth-order valence-electron chi connectivity index (χ4n) is 6.10. The zero-order valence-corrected chi connectivity index (χ0v) is 24.5. The Balaban J connectivity index is 1.67. The number of para-hydroxylation sites is 1. The van der Waals surface area contributed by atoms with E-state index in [1.54, 1.807) is 29.2 Å². The van der Waals surface area contributed by atoms with E-state index in [-0.39, 0.29) is 22.6 Å². The summed E-state index contributed by atoms with van der Waals surface area (Å²) in [6.07, 6.45) is 3.24. The molecule has 0 aliphatic carbocycles. The van der Waals surface area contributed by atoms with Gasteiger partial charge in [-0.05, 0) is 63.7 Å². The van der Waals surface area contributed by atoms with E-state index in [9.17, 15) is 27.9 Å². The highest BCUT2D eigenvalue weighted by Gasteiger charge is 2.66. The summed E-state index contributed by atoms with van der Waals surface area (Å²) in [5, 5.41) is 11.7. The van der Waals surface area contributed by atoms with E-state index in [1.807, 2.05) is 25.9 Å². The SMILES string of the molecule is CCCN1C(=O)C2(/C(=C(\O)c3ccc(S(=O)(=O)N4CCCCC4)cc3)C(=O)C(=O)N2CCN(C)C)c2ccccc21. The number of aliphatic hydroxyl groups excluding tert-OH is 1. The summed E-state index contributed by atoms with van der Waals surface area (Å²) in [6, 6.07) is 12.7. The number of amides is 2. The fraction of sp³-hybridized carbons (Fsp3) is 0.433. The van der Waals surface area contributed by atoms with Crippen LogP contribution in [0.15, 0.2) is 59.0 Å². The molecular formula is C30H36N4O6S. The minimum Gasteiger partial charge on any atom is -0.507 e. The molecule has 0 aromatic heterocycles. The molecule has 2 fully saturated rings. The summed E-state index contributed by atoms with van der Waals surface area (Å²) >= 11 is 0. The quantitative estimate of drug-likeness (QED) is 0.290. The summed E-state index contributed by atoms with van der Waals surface area (Å²) in [4.78, 5) is 46.4. The van der Waals surface area contributed by atoms with Crippen LogP contribution in [0.4, 0.5) is 5.69 Å². The van der Waals surface area contributed by atoms with Gasteiger partial charge in [-0.2, -0.15) is 4.31 Å². The average Bonchev–Trinajstić information content (AvgIpc) is 3.35. The molecule has 0 radical (unpaired) electrons. The van der Waals surface area contributed by atoms with Gasteiger partial charge in [0.25, 0.3) is 17.6 Å². The van der Waals surface area contributed by atoms with Gasteiger partial charge in [0.15, 0.2) is 5.54 Å². The Morgan fingerprint density at radius 3 is 2.24 bits per heavy atom. The van der Waals surface area contributed by atoms with Crippen LogP contribution in [0.5, 0.6) is 0 Å². The number of aliphatic hydroxyl groups is 1. The van der Waals surface area contributed by atoms with Crippen LogP contribution in [0.25, 0.3) is 5.76 Å². The monoisotopic (exact) mass is 580 g/mol. The van der Waals surface area contributed by atoms with Gasteiger partial charge in [0.05, 0.1) is 16.2 Å². The molecule has 218 valence electrons. The van der Waals surface area contributed by atoms with Crippen LogP contribution < -0.4 is 4.90 Å². The van der Waals surface area contributed by atoms with E-state index >= 15 is 0 Å². The number of rotatable bonds is 8. The van der Waals surface area contributed by atoms with Crippen molar-refractivity contribution in [2.24, 2.45) is 0 Å². The average molecular weight is 581 g/mol. The number of likely N-dealkylation sites (tertiary alicyclic amines) is 1. The molecule has 10 nitrogen and oxygen atoms in total. The second-order valence-corrected chi connectivity index (χ2v) is 12.9. The lowest BCUT2D eigenvalue weighted by molar-refractivity contribution is -0.143. The van der Waals surface area contributed by atoms with E-state index in [0.29, 0.717) is 43.9 Å². The van der Waals surface area contributed by atoms with Crippen LogP contribution in [0.2, 0.25) is 0 Å². The summed E-state index contributed by atoms with van der Waals surface area (Å²) < 4.78 is 27.8. The number of Topliss-reactive ketones (excluding diaryl/α,β-unsaturated/α-hetero) is 1. The van der Waals surface area contributed by atoms with Gasteiger partial charge in [0.1, 0.15) is 5.76 Å². The van der Waals surface area contributed by atoms with E-state index < -0.39 is 38.9 Å². The first-order valence-corrected chi connectivity index (χ1v) is 15.5. The number of piperidine rings is 1. The molecule has 0 bridgehead atoms. The lowest BCUT2D eigenvalue weighted by atomic mass is 9.82. The Kier molecular flexibility index (Phi) is 7.80. The number of hydrogen-bond acceptors (Lipinski definition) is 7. The van der Waals surface area contributed by atoms with Gasteiger partial charge < -0.3 is 19.8 Å². The van der Waals surface area contributed by atoms with Gasteiger partial charge >= 0.3 is 0 Å². The Labute approximate surface area is 240 Å². The zero-order chi connectivity index (χ0) is 29.5. The van der Waals surface area contributed by atoms with Crippen molar-refractivity contribution in [2.45, 2.75) is 43.0 Å². The van der Waals surface area contributed by atoms with Gasteiger partial charge in [-0.1, -0.05) is 31.5 Å². The maximum absolute atomic E-state index is 14.4. The van der Waals surface area contributed by atoms with Crippen molar-refractivity contribution in [2.75, 3.05) is 51.7 Å². The van der Waals surface area contributed by atoms with Gasteiger partial charge in [0, 0.05) is 43.9 Å². The molecule has 0 saturated carbocycles.